The maximum atomic E-state index is 3.73. The second-order valence-electron chi connectivity index (χ2n) is 5.59. The van der Waals surface area contributed by atoms with Crippen LogP contribution in [0.2, 0.25) is 0 Å². The molecule has 1 aliphatic carbocycles. The smallest absolute Gasteiger partial charge is 0.0353 e. The topological polar surface area (TPSA) is 12.0 Å². The predicted octanol–water partition coefficient (Wildman–Crippen LogP) is 5.37. The molecule has 1 fully saturated rings. The highest BCUT2D eigenvalue weighted by Gasteiger charge is 2.17. The number of rotatable bonds is 3. The van der Waals surface area contributed by atoms with Gasteiger partial charge in [-0.1, -0.05) is 32.3 Å². The third-order valence-corrected chi connectivity index (χ3v) is 5.37. The van der Waals surface area contributed by atoms with Gasteiger partial charge in [0, 0.05) is 15.3 Å². The van der Waals surface area contributed by atoms with Crippen LogP contribution in [0, 0.1) is 16.4 Å². The Hall–Kier alpha value is -0.250. The Morgan fingerprint density at radius 2 is 2.06 bits per heavy atom. The van der Waals surface area contributed by atoms with Crippen molar-refractivity contribution >= 4 is 28.3 Å². The molecule has 0 amide bonds. The Morgan fingerprint density at radius 1 is 1.22 bits per heavy atom. The maximum Gasteiger partial charge on any atom is 0.0353 e. The van der Waals surface area contributed by atoms with Crippen LogP contribution in [0.5, 0.6) is 0 Å². The minimum Gasteiger partial charge on any atom is -0.382 e. The molecule has 0 heterocycles. The van der Waals surface area contributed by atoms with Crippen LogP contribution >= 0.6 is 22.6 Å². The van der Waals surface area contributed by atoms with Gasteiger partial charge in [0.25, 0.3) is 0 Å². The van der Waals surface area contributed by atoms with Crippen molar-refractivity contribution in [3.8, 4) is 0 Å². The van der Waals surface area contributed by atoms with Crippen LogP contribution in [0.1, 0.15) is 51.0 Å². The van der Waals surface area contributed by atoms with Gasteiger partial charge in [0.1, 0.15) is 0 Å². The van der Waals surface area contributed by atoms with E-state index in [1.54, 1.807) is 0 Å². The van der Waals surface area contributed by atoms with Gasteiger partial charge in [0.15, 0.2) is 0 Å². The zero-order chi connectivity index (χ0) is 13.0. The lowest BCUT2D eigenvalue weighted by Crippen LogP contribution is -2.18. The summed E-state index contributed by atoms with van der Waals surface area (Å²) in [5.74, 6) is 0.968. The number of hydrogen-bond donors (Lipinski definition) is 1. The molecule has 0 bridgehead atoms. The molecular weight excluding hydrogens is 333 g/mol. The van der Waals surface area contributed by atoms with Crippen molar-refractivity contribution in [3.05, 3.63) is 27.3 Å². The van der Waals surface area contributed by atoms with Gasteiger partial charge in [-0.2, -0.15) is 0 Å². The molecule has 1 aromatic carbocycles. The van der Waals surface area contributed by atoms with Crippen molar-refractivity contribution in [2.24, 2.45) is 5.92 Å². The summed E-state index contributed by atoms with van der Waals surface area (Å²) in [6.45, 7) is 4.50. The quantitative estimate of drug-likeness (QED) is 0.566. The van der Waals surface area contributed by atoms with Crippen LogP contribution in [0.4, 0.5) is 5.69 Å². The largest absolute Gasteiger partial charge is 0.382 e. The summed E-state index contributed by atoms with van der Waals surface area (Å²) in [6.07, 6.45) is 8.25. The molecule has 2 heteroatoms. The highest BCUT2D eigenvalue weighted by Crippen LogP contribution is 2.28. The van der Waals surface area contributed by atoms with E-state index in [1.165, 1.54) is 53.3 Å². The lowest BCUT2D eigenvalue weighted by molar-refractivity contribution is 0.444. The van der Waals surface area contributed by atoms with Gasteiger partial charge < -0.3 is 5.32 Å². The number of hydrogen-bond acceptors (Lipinski definition) is 1. The summed E-state index contributed by atoms with van der Waals surface area (Å²) in [5, 5.41) is 3.73. The fraction of sp³-hybridized carbons (Fsp3) is 0.625. The van der Waals surface area contributed by atoms with Crippen molar-refractivity contribution < 1.29 is 0 Å². The molecule has 1 nitrogen and oxygen atoms in total. The molecule has 0 aliphatic heterocycles. The van der Waals surface area contributed by atoms with Crippen LogP contribution in [-0.2, 0) is 0 Å². The van der Waals surface area contributed by atoms with Crippen LogP contribution in [0.25, 0.3) is 0 Å². The second-order valence-corrected chi connectivity index (χ2v) is 6.75. The first-order chi connectivity index (χ1) is 8.69. The van der Waals surface area contributed by atoms with E-state index in [0.29, 0.717) is 6.04 Å². The normalized spacial score (nSPS) is 24.6. The van der Waals surface area contributed by atoms with E-state index in [9.17, 15) is 0 Å². The molecule has 2 unspecified atom stereocenters. The van der Waals surface area contributed by atoms with Crippen LogP contribution < -0.4 is 5.32 Å². The summed E-state index contributed by atoms with van der Waals surface area (Å²) < 4.78 is 1.36. The molecule has 1 N–H and O–H groups in total. The van der Waals surface area contributed by atoms with E-state index in [4.69, 9.17) is 0 Å². The molecule has 1 saturated carbocycles. The zero-order valence-electron chi connectivity index (χ0n) is 11.5. The first kappa shape index (κ1) is 14.2. The highest BCUT2D eigenvalue weighted by molar-refractivity contribution is 14.1. The molecular formula is C16H24IN. The molecule has 100 valence electrons. The van der Waals surface area contributed by atoms with Gasteiger partial charge in [-0.25, -0.2) is 0 Å². The van der Waals surface area contributed by atoms with E-state index in [-0.39, 0.29) is 0 Å². The SMILES string of the molecule is CCC1CCCC(Nc2ccc(C)c(I)c2)CC1. The highest BCUT2D eigenvalue weighted by atomic mass is 127. The molecule has 2 atom stereocenters. The number of anilines is 1. The molecule has 2 rings (SSSR count). The van der Waals surface area contributed by atoms with Crippen LogP contribution in [-0.4, -0.2) is 6.04 Å². The van der Waals surface area contributed by atoms with E-state index >= 15 is 0 Å². The third kappa shape index (κ3) is 3.87. The molecule has 0 saturated heterocycles. The summed E-state index contributed by atoms with van der Waals surface area (Å²) in [5.41, 5.74) is 2.66. The van der Waals surface area contributed by atoms with E-state index in [0.717, 1.165) is 5.92 Å². The van der Waals surface area contributed by atoms with Crippen LogP contribution in [0.15, 0.2) is 18.2 Å². The third-order valence-electron chi connectivity index (χ3n) is 4.21. The molecule has 18 heavy (non-hydrogen) atoms. The monoisotopic (exact) mass is 357 g/mol. The van der Waals surface area contributed by atoms with Gasteiger partial charge in [-0.3, -0.25) is 0 Å². The molecule has 1 aromatic rings. The first-order valence-electron chi connectivity index (χ1n) is 7.21. The molecule has 0 aromatic heterocycles. The summed E-state index contributed by atoms with van der Waals surface area (Å²) in [7, 11) is 0. The predicted molar refractivity (Wildman–Crippen MR) is 88.2 cm³/mol. The minimum atomic E-state index is 0.681. The number of aryl methyl sites for hydroxylation is 1. The average Bonchev–Trinajstić information content (AvgIpc) is 2.59. The lowest BCUT2D eigenvalue weighted by atomic mass is 9.98. The van der Waals surface area contributed by atoms with Crippen molar-refractivity contribution in [1.29, 1.82) is 0 Å². The minimum absolute atomic E-state index is 0.681. The molecule has 0 spiro atoms. The van der Waals surface area contributed by atoms with Gasteiger partial charge in [-0.05, 0) is 72.4 Å². The standard InChI is InChI=1S/C16H24IN/c1-3-13-5-4-6-14(10-8-13)18-15-9-7-12(2)16(17)11-15/h7,9,11,13-14,18H,3-6,8,10H2,1-2H3. The average molecular weight is 357 g/mol. The Kier molecular flexibility index (Phi) is 5.34. The van der Waals surface area contributed by atoms with Crippen LogP contribution in [0.3, 0.4) is 0 Å². The lowest BCUT2D eigenvalue weighted by Gasteiger charge is -2.18. The first-order valence-corrected chi connectivity index (χ1v) is 8.29. The Labute approximate surface area is 125 Å². The summed E-state index contributed by atoms with van der Waals surface area (Å²) in [6, 6.07) is 7.40. The van der Waals surface area contributed by atoms with E-state index in [2.05, 4.69) is 60.0 Å². The Bertz CT molecular complexity index is 389. The summed E-state index contributed by atoms with van der Waals surface area (Å²) in [4.78, 5) is 0. The van der Waals surface area contributed by atoms with Gasteiger partial charge >= 0.3 is 0 Å². The fourth-order valence-corrected chi connectivity index (χ4v) is 3.36. The van der Waals surface area contributed by atoms with Crippen molar-refractivity contribution in [3.63, 3.8) is 0 Å². The Morgan fingerprint density at radius 3 is 2.78 bits per heavy atom. The second kappa shape index (κ2) is 6.78. The molecule has 1 aliphatic rings. The zero-order valence-corrected chi connectivity index (χ0v) is 13.7. The van der Waals surface area contributed by atoms with Crippen molar-refractivity contribution in [2.75, 3.05) is 5.32 Å². The Balaban J connectivity index is 1.94. The van der Waals surface area contributed by atoms with Gasteiger partial charge in [-0.15, -0.1) is 0 Å². The summed E-state index contributed by atoms with van der Waals surface area (Å²) >= 11 is 2.42. The fourth-order valence-electron chi connectivity index (χ4n) is 2.85. The van der Waals surface area contributed by atoms with Gasteiger partial charge in [0.05, 0.1) is 0 Å². The maximum absolute atomic E-state index is 3.73. The van der Waals surface area contributed by atoms with E-state index < -0.39 is 0 Å². The number of halogens is 1. The van der Waals surface area contributed by atoms with Gasteiger partial charge in [0.2, 0.25) is 0 Å². The molecule has 0 radical (unpaired) electrons. The number of nitrogens with one attached hydrogen (secondary N) is 1. The van der Waals surface area contributed by atoms with E-state index in [1.807, 2.05) is 0 Å². The van der Waals surface area contributed by atoms with Crippen molar-refractivity contribution in [2.45, 2.75) is 58.4 Å². The van der Waals surface area contributed by atoms with Crippen molar-refractivity contribution in [1.82, 2.24) is 0 Å². The number of benzene rings is 1.